The first kappa shape index (κ1) is 15.7. The predicted octanol–water partition coefficient (Wildman–Crippen LogP) is 2.10. The molecule has 0 radical (unpaired) electrons. The minimum atomic E-state index is -3.84. The van der Waals surface area contributed by atoms with Gasteiger partial charge >= 0.3 is 0 Å². The van der Waals surface area contributed by atoms with Gasteiger partial charge in [-0.05, 0) is 38.7 Å². The SMILES string of the molecule is CNc1ccc([N+](=O)[O-])cc1S(=O)(=O)NC(C)(C)C1CC1. The molecule has 1 aromatic carbocycles. The standard InChI is InChI=1S/C13H19N3O4S/c1-13(2,9-4-5-9)15-21(19,20)12-8-10(16(17)18)6-7-11(12)14-3/h6-9,14-15H,4-5H2,1-3H3. The highest BCUT2D eigenvalue weighted by molar-refractivity contribution is 7.89. The van der Waals surface area contributed by atoms with Crippen molar-refractivity contribution >= 4 is 21.4 Å². The molecular weight excluding hydrogens is 294 g/mol. The zero-order valence-electron chi connectivity index (χ0n) is 12.2. The molecule has 8 heteroatoms. The van der Waals surface area contributed by atoms with Gasteiger partial charge in [0.15, 0.2) is 0 Å². The van der Waals surface area contributed by atoms with Gasteiger partial charge in [-0.2, -0.15) is 0 Å². The first-order valence-electron chi connectivity index (χ1n) is 6.67. The molecule has 0 atom stereocenters. The fourth-order valence-electron chi connectivity index (χ4n) is 2.34. The normalized spacial score (nSPS) is 15.8. The number of non-ortho nitro benzene ring substituents is 1. The number of nitro benzene ring substituents is 1. The van der Waals surface area contributed by atoms with E-state index < -0.39 is 20.5 Å². The molecule has 1 aromatic rings. The third-order valence-corrected chi connectivity index (χ3v) is 5.44. The summed E-state index contributed by atoms with van der Waals surface area (Å²) in [6.45, 7) is 3.66. The van der Waals surface area contributed by atoms with Crippen LogP contribution in [0.15, 0.2) is 23.1 Å². The number of nitrogens with one attached hydrogen (secondary N) is 2. The zero-order chi connectivity index (χ0) is 15.8. The van der Waals surface area contributed by atoms with Gasteiger partial charge in [0.1, 0.15) is 4.90 Å². The van der Waals surface area contributed by atoms with E-state index in [0.29, 0.717) is 11.6 Å². The third-order valence-electron chi connectivity index (χ3n) is 3.73. The molecule has 0 aliphatic heterocycles. The van der Waals surface area contributed by atoms with Gasteiger partial charge in [-0.1, -0.05) is 0 Å². The molecule has 0 unspecified atom stereocenters. The number of benzene rings is 1. The number of sulfonamides is 1. The molecular formula is C13H19N3O4S. The van der Waals surface area contributed by atoms with E-state index in [1.165, 1.54) is 12.1 Å². The molecule has 21 heavy (non-hydrogen) atoms. The van der Waals surface area contributed by atoms with E-state index >= 15 is 0 Å². The summed E-state index contributed by atoms with van der Waals surface area (Å²) in [4.78, 5) is 10.1. The fourth-order valence-corrected chi connectivity index (χ4v) is 4.05. The van der Waals surface area contributed by atoms with Crippen molar-refractivity contribution in [3.05, 3.63) is 28.3 Å². The third kappa shape index (κ3) is 3.33. The quantitative estimate of drug-likeness (QED) is 0.618. The Labute approximate surface area is 123 Å². The summed E-state index contributed by atoms with van der Waals surface area (Å²) in [6, 6.07) is 3.75. The number of nitrogens with zero attached hydrogens (tertiary/aromatic N) is 1. The Morgan fingerprint density at radius 1 is 1.33 bits per heavy atom. The Morgan fingerprint density at radius 2 is 1.95 bits per heavy atom. The van der Waals surface area contributed by atoms with E-state index in [9.17, 15) is 18.5 Å². The van der Waals surface area contributed by atoms with Gasteiger partial charge < -0.3 is 5.32 Å². The zero-order valence-corrected chi connectivity index (χ0v) is 13.0. The summed E-state index contributed by atoms with van der Waals surface area (Å²) in [5.41, 5.74) is -0.479. The van der Waals surface area contributed by atoms with Gasteiger partial charge in [-0.25, -0.2) is 13.1 Å². The van der Waals surface area contributed by atoms with E-state index in [-0.39, 0.29) is 10.6 Å². The number of hydrogen-bond acceptors (Lipinski definition) is 5. The largest absolute Gasteiger partial charge is 0.387 e. The Morgan fingerprint density at radius 3 is 2.43 bits per heavy atom. The van der Waals surface area contributed by atoms with Crippen LogP contribution in [0.3, 0.4) is 0 Å². The van der Waals surface area contributed by atoms with Crippen molar-refractivity contribution in [2.24, 2.45) is 5.92 Å². The predicted molar refractivity (Wildman–Crippen MR) is 79.8 cm³/mol. The lowest BCUT2D eigenvalue weighted by Crippen LogP contribution is -2.45. The van der Waals surface area contributed by atoms with Gasteiger partial charge in [-0.3, -0.25) is 10.1 Å². The molecule has 1 aliphatic rings. The van der Waals surface area contributed by atoms with Crippen LogP contribution in [0, 0.1) is 16.0 Å². The Bertz CT molecular complexity index is 666. The number of nitro groups is 1. The molecule has 0 spiro atoms. The van der Waals surface area contributed by atoms with Crippen molar-refractivity contribution in [2.75, 3.05) is 12.4 Å². The Hall–Kier alpha value is -1.67. The van der Waals surface area contributed by atoms with Crippen LogP contribution < -0.4 is 10.0 Å². The highest BCUT2D eigenvalue weighted by atomic mass is 32.2. The number of anilines is 1. The molecule has 2 rings (SSSR count). The summed E-state index contributed by atoms with van der Waals surface area (Å²) in [7, 11) is -2.26. The minimum Gasteiger partial charge on any atom is -0.387 e. The topological polar surface area (TPSA) is 101 Å². The van der Waals surface area contributed by atoms with Crippen molar-refractivity contribution in [1.82, 2.24) is 4.72 Å². The average Bonchev–Trinajstić information content (AvgIpc) is 3.21. The van der Waals surface area contributed by atoms with Gasteiger partial charge in [0.2, 0.25) is 10.0 Å². The Kier molecular flexibility index (Phi) is 3.94. The summed E-state index contributed by atoms with van der Waals surface area (Å²) < 4.78 is 27.8. The lowest BCUT2D eigenvalue weighted by atomic mass is 10.0. The molecule has 116 valence electrons. The molecule has 7 nitrogen and oxygen atoms in total. The maximum absolute atomic E-state index is 12.6. The van der Waals surface area contributed by atoms with Crippen molar-refractivity contribution in [1.29, 1.82) is 0 Å². The second-order valence-electron chi connectivity index (χ2n) is 5.79. The highest BCUT2D eigenvalue weighted by Crippen LogP contribution is 2.40. The summed E-state index contributed by atoms with van der Waals surface area (Å²) in [6.07, 6.45) is 1.98. The van der Waals surface area contributed by atoms with Crippen LogP contribution in [-0.4, -0.2) is 25.9 Å². The number of rotatable bonds is 6. The van der Waals surface area contributed by atoms with Crippen LogP contribution >= 0.6 is 0 Å². The highest BCUT2D eigenvalue weighted by Gasteiger charge is 2.41. The van der Waals surface area contributed by atoms with E-state index in [1.54, 1.807) is 7.05 Å². The summed E-state index contributed by atoms with van der Waals surface area (Å²) in [5.74, 6) is 0.309. The van der Waals surface area contributed by atoms with Crippen LogP contribution in [0.4, 0.5) is 11.4 Å². The first-order chi connectivity index (χ1) is 9.67. The minimum absolute atomic E-state index is 0.104. The summed E-state index contributed by atoms with van der Waals surface area (Å²) >= 11 is 0. The van der Waals surface area contributed by atoms with E-state index in [1.807, 2.05) is 13.8 Å². The van der Waals surface area contributed by atoms with Gasteiger partial charge in [0.25, 0.3) is 5.69 Å². The maximum Gasteiger partial charge on any atom is 0.270 e. The Balaban J connectivity index is 2.42. The van der Waals surface area contributed by atoms with Crippen LogP contribution in [-0.2, 0) is 10.0 Å². The van der Waals surface area contributed by atoms with E-state index in [2.05, 4.69) is 10.0 Å². The molecule has 0 amide bonds. The van der Waals surface area contributed by atoms with Crippen molar-refractivity contribution < 1.29 is 13.3 Å². The molecule has 0 aromatic heterocycles. The maximum atomic E-state index is 12.6. The second-order valence-corrected chi connectivity index (χ2v) is 7.44. The van der Waals surface area contributed by atoms with Crippen LogP contribution in [0.2, 0.25) is 0 Å². The molecule has 0 bridgehead atoms. The summed E-state index contributed by atoms with van der Waals surface area (Å²) in [5, 5.41) is 13.6. The van der Waals surface area contributed by atoms with Gasteiger partial charge in [0.05, 0.1) is 10.6 Å². The van der Waals surface area contributed by atoms with E-state index in [0.717, 1.165) is 18.9 Å². The van der Waals surface area contributed by atoms with Crippen molar-refractivity contribution in [3.8, 4) is 0 Å². The van der Waals surface area contributed by atoms with E-state index in [4.69, 9.17) is 0 Å². The van der Waals surface area contributed by atoms with Crippen LogP contribution in [0.1, 0.15) is 26.7 Å². The molecule has 0 heterocycles. The van der Waals surface area contributed by atoms with Crippen molar-refractivity contribution in [2.45, 2.75) is 37.1 Å². The molecule has 2 N–H and O–H groups in total. The average molecular weight is 313 g/mol. The molecule has 1 aliphatic carbocycles. The first-order valence-corrected chi connectivity index (χ1v) is 8.16. The van der Waals surface area contributed by atoms with Crippen molar-refractivity contribution in [3.63, 3.8) is 0 Å². The fraction of sp³-hybridized carbons (Fsp3) is 0.538. The van der Waals surface area contributed by atoms with Crippen LogP contribution in [0.5, 0.6) is 0 Å². The lowest BCUT2D eigenvalue weighted by Gasteiger charge is -2.26. The number of hydrogen-bond donors (Lipinski definition) is 2. The van der Waals surface area contributed by atoms with Gasteiger partial charge in [0, 0.05) is 24.7 Å². The smallest absolute Gasteiger partial charge is 0.270 e. The molecule has 0 saturated heterocycles. The monoisotopic (exact) mass is 313 g/mol. The molecule has 1 saturated carbocycles. The molecule has 1 fully saturated rings. The lowest BCUT2D eigenvalue weighted by molar-refractivity contribution is -0.385. The second kappa shape index (κ2) is 5.27. The van der Waals surface area contributed by atoms with Gasteiger partial charge in [-0.15, -0.1) is 0 Å². The van der Waals surface area contributed by atoms with Crippen LogP contribution in [0.25, 0.3) is 0 Å².